The molecule has 0 bridgehead atoms. The third-order valence-electron chi connectivity index (χ3n) is 6.61. The maximum atomic E-state index is 13.3. The lowest BCUT2D eigenvalue weighted by Gasteiger charge is -2.26. The molecule has 5 aromatic rings. The van der Waals surface area contributed by atoms with E-state index in [1.807, 2.05) is 12.1 Å². The van der Waals surface area contributed by atoms with Gasteiger partial charge in [-0.3, -0.25) is 4.98 Å². The van der Waals surface area contributed by atoms with E-state index in [-0.39, 0.29) is 11.6 Å². The highest BCUT2D eigenvalue weighted by Crippen LogP contribution is 2.36. The molecule has 37 heavy (non-hydrogen) atoms. The van der Waals surface area contributed by atoms with Crippen LogP contribution in [0.25, 0.3) is 33.1 Å². The summed E-state index contributed by atoms with van der Waals surface area (Å²) in [6, 6.07) is 22.8. The molecule has 3 heterocycles. The summed E-state index contributed by atoms with van der Waals surface area (Å²) < 4.78 is 13.3. The minimum Gasteiger partial charge on any atom is -0.508 e. The van der Waals surface area contributed by atoms with Crippen molar-refractivity contribution < 1.29 is 19.4 Å². The molecule has 3 aromatic carbocycles. The number of hydrogen-bond donors (Lipinski definition) is 2. The van der Waals surface area contributed by atoms with E-state index < -0.39 is 5.97 Å². The number of benzene rings is 3. The Morgan fingerprint density at radius 2 is 1.76 bits per heavy atom. The predicted octanol–water partition coefficient (Wildman–Crippen LogP) is 6.67. The van der Waals surface area contributed by atoms with E-state index in [1.165, 1.54) is 12.1 Å². The largest absolute Gasteiger partial charge is 0.508 e. The summed E-state index contributed by atoms with van der Waals surface area (Å²) in [6.07, 6.45) is 4.01. The number of carboxylic acid groups (broad SMARTS) is 1. The summed E-state index contributed by atoms with van der Waals surface area (Å²) in [7, 11) is 0. The lowest BCUT2D eigenvalue weighted by molar-refractivity contribution is 0.0697. The van der Waals surface area contributed by atoms with E-state index in [0.29, 0.717) is 11.6 Å². The fourth-order valence-corrected chi connectivity index (χ4v) is 4.68. The number of aromatic nitrogens is 2. The van der Waals surface area contributed by atoms with Crippen molar-refractivity contribution in [1.82, 2.24) is 9.97 Å². The van der Waals surface area contributed by atoms with Gasteiger partial charge < -0.3 is 15.1 Å². The first kappa shape index (κ1) is 24.2. The lowest BCUT2D eigenvalue weighted by Crippen LogP contribution is -2.27. The molecular weight excluding hydrogens is 469 g/mol. The molecule has 0 spiro atoms. The number of pyridine rings is 2. The number of carboxylic acids is 1. The maximum absolute atomic E-state index is 13.3. The van der Waals surface area contributed by atoms with Gasteiger partial charge in [0, 0.05) is 41.2 Å². The van der Waals surface area contributed by atoms with E-state index in [9.17, 15) is 14.3 Å². The number of aromatic hydroxyl groups is 1. The molecule has 2 aromatic heterocycles. The fourth-order valence-electron chi connectivity index (χ4n) is 4.68. The minimum absolute atomic E-state index is 0.197. The highest BCUT2D eigenvalue weighted by molar-refractivity contribution is 5.93. The molecule has 1 fully saturated rings. The van der Waals surface area contributed by atoms with Gasteiger partial charge in [-0.15, -0.1) is 0 Å². The first-order valence-electron chi connectivity index (χ1n) is 12.1. The molecule has 6 rings (SSSR count). The summed E-state index contributed by atoms with van der Waals surface area (Å²) in [5.74, 6) is -0.971. The standard InChI is InChI=1S/C20H19FN2O.C10H7NO2/c1-13-3-2-10-23(13)19-11-15-6-9-17(24)12-18(15)22-20(19)14-4-7-16(21)8-5-14;12-10(13)8-3-4-9-7(6-8)2-1-5-11-9/h4-9,11-13,24H,2-3,10H2,1H3;1-6H,(H,12,13). The zero-order valence-corrected chi connectivity index (χ0v) is 20.3. The monoisotopic (exact) mass is 495 g/mol. The van der Waals surface area contributed by atoms with Crippen LogP contribution in [0, 0.1) is 5.82 Å². The highest BCUT2D eigenvalue weighted by atomic mass is 19.1. The van der Waals surface area contributed by atoms with Crippen LogP contribution in [-0.2, 0) is 0 Å². The van der Waals surface area contributed by atoms with Crippen LogP contribution in [0.5, 0.6) is 5.75 Å². The summed E-state index contributed by atoms with van der Waals surface area (Å²) in [5, 5.41) is 20.3. The molecule has 2 N–H and O–H groups in total. The Labute approximate surface area is 213 Å². The molecule has 0 radical (unpaired) electrons. The second-order valence-electron chi connectivity index (χ2n) is 9.14. The second kappa shape index (κ2) is 10.2. The normalized spacial score (nSPS) is 15.0. The zero-order chi connectivity index (χ0) is 25.9. The minimum atomic E-state index is -0.911. The van der Waals surface area contributed by atoms with Crippen molar-refractivity contribution in [2.24, 2.45) is 0 Å². The van der Waals surface area contributed by atoms with Crippen molar-refractivity contribution >= 4 is 33.5 Å². The van der Waals surface area contributed by atoms with E-state index >= 15 is 0 Å². The average Bonchev–Trinajstić information content (AvgIpc) is 3.34. The Balaban J connectivity index is 0.000000182. The van der Waals surface area contributed by atoms with Crippen molar-refractivity contribution in [2.75, 3.05) is 11.4 Å². The van der Waals surface area contributed by atoms with Crippen LogP contribution in [0.1, 0.15) is 30.1 Å². The second-order valence-corrected chi connectivity index (χ2v) is 9.14. The Morgan fingerprint density at radius 1 is 0.973 bits per heavy atom. The van der Waals surface area contributed by atoms with Gasteiger partial charge in [-0.25, -0.2) is 14.2 Å². The Hall–Kier alpha value is -4.52. The molecule has 1 saturated heterocycles. The number of rotatable bonds is 3. The van der Waals surface area contributed by atoms with Gasteiger partial charge >= 0.3 is 5.97 Å². The third-order valence-corrected chi connectivity index (χ3v) is 6.61. The number of phenolic OH excluding ortho intramolecular Hbond substituents is 1. The molecular formula is C30H26FN3O3. The lowest BCUT2D eigenvalue weighted by atomic mass is 10.1. The quantitative estimate of drug-likeness (QED) is 0.291. The van der Waals surface area contributed by atoms with Gasteiger partial charge in [0.15, 0.2) is 0 Å². The number of carbonyl (C=O) groups is 1. The van der Waals surface area contributed by atoms with Gasteiger partial charge in [-0.2, -0.15) is 0 Å². The van der Waals surface area contributed by atoms with Gasteiger partial charge in [0.2, 0.25) is 0 Å². The van der Waals surface area contributed by atoms with E-state index in [1.54, 1.807) is 54.7 Å². The first-order valence-corrected chi connectivity index (χ1v) is 12.1. The van der Waals surface area contributed by atoms with Crippen molar-refractivity contribution in [1.29, 1.82) is 0 Å². The van der Waals surface area contributed by atoms with Crippen LogP contribution >= 0.6 is 0 Å². The van der Waals surface area contributed by atoms with Gasteiger partial charge in [-0.05, 0) is 86.5 Å². The molecule has 1 aliphatic rings. The van der Waals surface area contributed by atoms with Crippen LogP contribution in [0.2, 0.25) is 0 Å². The predicted molar refractivity (Wildman–Crippen MR) is 144 cm³/mol. The molecule has 1 aliphatic heterocycles. The molecule has 0 amide bonds. The van der Waals surface area contributed by atoms with Crippen LogP contribution in [0.15, 0.2) is 85.1 Å². The van der Waals surface area contributed by atoms with Gasteiger partial charge in [0.05, 0.1) is 28.0 Å². The van der Waals surface area contributed by atoms with E-state index in [4.69, 9.17) is 10.1 Å². The zero-order valence-electron chi connectivity index (χ0n) is 20.3. The number of anilines is 1. The van der Waals surface area contributed by atoms with Gasteiger partial charge in [0.1, 0.15) is 11.6 Å². The van der Waals surface area contributed by atoms with Gasteiger partial charge in [-0.1, -0.05) is 6.07 Å². The summed E-state index contributed by atoms with van der Waals surface area (Å²) >= 11 is 0. The number of aromatic carboxylic acids is 1. The SMILES string of the molecule is CC1CCCN1c1cc2ccc(O)cc2nc1-c1ccc(F)cc1.O=C(O)c1ccc2ncccc2c1. The van der Waals surface area contributed by atoms with Crippen LogP contribution in [0.3, 0.4) is 0 Å². The molecule has 6 nitrogen and oxygen atoms in total. The molecule has 186 valence electrons. The first-order chi connectivity index (χ1) is 17.9. The highest BCUT2D eigenvalue weighted by Gasteiger charge is 2.24. The Kier molecular flexibility index (Phi) is 6.68. The van der Waals surface area contributed by atoms with Gasteiger partial charge in [0.25, 0.3) is 0 Å². The average molecular weight is 496 g/mol. The smallest absolute Gasteiger partial charge is 0.335 e. The Morgan fingerprint density at radius 3 is 2.49 bits per heavy atom. The number of nitrogens with zero attached hydrogens (tertiary/aromatic N) is 3. The van der Waals surface area contributed by atoms with Crippen LogP contribution < -0.4 is 4.90 Å². The molecule has 1 unspecified atom stereocenters. The number of fused-ring (bicyclic) bond motifs is 2. The van der Waals surface area contributed by atoms with E-state index in [0.717, 1.165) is 58.1 Å². The van der Waals surface area contributed by atoms with Crippen LogP contribution in [-0.4, -0.2) is 38.7 Å². The number of phenols is 1. The molecule has 0 aliphatic carbocycles. The third kappa shape index (κ3) is 5.21. The Bertz CT molecular complexity index is 1590. The number of hydrogen-bond acceptors (Lipinski definition) is 5. The summed E-state index contributed by atoms with van der Waals surface area (Å²) in [4.78, 5) is 21.9. The molecule has 0 saturated carbocycles. The molecule has 1 atom stereocenters. The summed E-state index contributed by atoms with van der Waals surface area (Å²) in [5.41, 5.74) is 4.64. The topological polar surface area (TPSA) is 86.5 Å². The maximum Gasteiger partial charge on any atom is 0.335 e. The summed E-state index contributed by atoms with van der Waals surface area (Å²) in [6.45, 7) is 3.23. The van der Waals surface area contributed by atoms with Crippen molar-refractivity contribution in [3.05, 3.63) is 96.4 Å². The fraction of sp³-hybridized carbons (Fsp3) is 0.167. The van der Waals surface area contributed by atoms with Crippen molar-refractivity contribution in [2.45, 2.75) is 25.8 Å². The van der Waals surface area contributed by atoms with E-state index in [2.05, 4.69) is 22.9 Å². The van der Waals surface area contributed by atoms with Crippen molar-refractivity contribution in [3.8, 4) is 17.0 Å². The van der Waals surface area contributed by atoms with Crippen molar-refractivity contribution in [3.63, 3.8) is 0 Å². The molecule has 7 heteroatoms. The van der Waals surface area contributed by atoms with Crippen LogP contribution in [0.4, 0.5) is 10.1 Å². The number of halogens is 1.